The van der Waals surface area contributed by atoms with E-state index in [4.69, 9.17) is 28.3 Å². The molecule has 3 atom stereocenters. The molecule has 25 heavy (non-hydrogen) atoms. The van der Waals surface area contributed by atoms with Gasteiger partial charge in [-0.1, -0.05) is 41.4 Å². The molecule has 4 rings (SSSR count). The highest BCUT2D eigenvalue weighted by molar-refractivity contribution is 7.89. The third kappa shape index (κ3) is 2.95. The van der Waals surface area contributed by atoms with E-state index in [1.165, 1.54) is 6.07 Å². The van der Waals surface area contributed by atoms with Crippen molar-refractivity contribution in [2.24, 2.45) is 11.1 Å². The smallest absolute Gasteiger partial charge is 0.238 e. The number of sulfonamides is 1. The van der Waals surface area contributed by atoms with Crippen LogP contribution in [0.15, 0.2) is 53.4 Å². The molecule has 0 spiro atoms. The molecular weight excluding hydrogens is 379 g/mol. The van der Waals surface area contributed by atoms with E-state index in [1.54, 1.807) is 18.2 Å². The monoisotopic (exact) mass is 394 g/mol. The normalized spacial score (nSPS) is 24.5. The van der Waals surface area contributed by atoms with Gasteiger partial charge < -0.3 is 5.32 Å². The second kappa shape index (κ2) is 6.02. The minimum Gasteiger partial charge on any atom is -0.378 e. The summed E-state index contributed by atoms with van der Waals surface area (Å²) in [4.78, 5) is 0.134. The predicted octanol–water partition coefficient (Wildman–Crippen LogP) is 4.47. The maximum absolute atomic E-state index is 11.7. The Morgan fingerprint density at radius 1 is 1.08 bits per heavy atom. The molecule has 0 saturated carbocycles. The predicted molar refractivity (Wildman–Crippen MR) is 101 cm³/mol. The molecular formula is C18H16Cl2N2O2S. The first-order chi connectivity index (χ1) is 11.8. The Morgan fingerprint density at radius 3 is 2.60 bits per heavy atom. The summed E-state index contributed by atoms with van der Waals surface area (Å²) in [5, 5.41) is 10.0. The molecule has 130 valence electrons. The molecule has 4 nitrogen and oxygen atoms in total. The van der Waals surface area contributed by atoms with Gasteiger partial charge in [0.1, 0.15) is 0 Å². The SMILES string of the molecule is NS(=O)(=O)c1ccc2c(c1)[C@H]1C=CC[C@@H]1[C@H](c1ccc(Cl)cc1Cl)N2. The number of rotatable bonds is 2. The van der Waals surface area contributed by atoms with Gasteiger partial charge in [0, 0.05) is 21.7 Å². The molecule has 0 amide bonds. The summed E-state index contributed by atoms with van der Waals surface area (Å²) in [6.07, 6.45) is 5.15. The minimum absolute atomic E-state index is 0.0256. The quantitative estimate of drug-likeness (QED) is 0.738. The maximum Gasteiger partial charge on any atom is 0.238 e. The number of nitrogens with two attached hydrogens (primary N) is 1. The Kier molecular flexibility index (Phi) is 4.07. The van der Waals surface area contributed by atoms with Gasteiger partial charge in [-0.25, -0.2) is 13.6 Å². The molecule has 1 heterocycles. The summed E-state index contributed by atoms with van der Waals surface area (Å²) in [5.74, 6) is 0.372. The molecule has 2 aromatic rings. The highest BCUT2D eigenvalue weighted by Gasteiger charge is 2.39. The van der Waals surface area contributed by atoms with Crippen molar-refractivity contribution in [3.63, 3.8) is 0 Å². The Balaban J connectivity index is 1.81. The average molecular weight is 395 g/mol. The van der Waals surface area contributed by atoms with Crippen molar-refractivity contribution in [3.8, 4) is 0 Å². The number of hydrogen-bond acceptors (Lipinski definition) is 3. The molecule has 0 aromatic heterocycles. The van der Waals surface area contributed by atoms with E-state index >= 15 is 0 Å². The minimum atomic E-state index is -3.73. The van der Waals surface area contributed by atoms with E-state index in [0.717, 1.165) is 23.2 Å². The Labute approximate surface area is 156 Å². The van der Waals surface area contributed by atoms with E-state index in [-0.39, 0.29) is 22.8 Å². The number of primary sulfonamides is 1. The third-order valence-corrected chi connectivity index (χ3v) is 6.43. The van der Waals surface area contributed by atoms with Crippen LogP contribution in [-0.4, -0.2) is 8.42 Å². The fraction of sp³-hybridized carbons (Fsp3) is 0.222. The summed E-state index contributed by atoms with van der Waals surface area (Å²) in [6, 6.07) is 10.5. The summed E-state index contributed by atoms with van der Waals surface area (Å²) < 4.78 is 23.4. The molecule has 7 heteroatoms. The first-order valence-electron chi connectivity index (χ1n) is 7.89. The lowest BCUT2D eigenvalue weighted by atomic mass is 9.77. The van der Waals surface area contributed by atoms with E-state index in [9.17, 15) is 8.42 Å². The van der Waals surface area contributed by atoms with Crippen molar-refractivity contribution in [1.29, 1.82) is 0 Å². The summed E-state index contributed by atoms with van der Waals surface area (Å²) in [5.41, 5.74) is 2.84. The molecule has 0 unspecified atom stereocenters. The van der Waals surface area contributed by atoms with Gasteiger partial charge in [-0.15, -0.1) is 0 Å². The molecule has 0 fully saturated rings. The van der Waals surface area contributed by atoms with Gasteiger partial charge in [-0.2, -0.15) is 0 Å². The van der Waals surface area contributed by atoms with Crippen molar-refractivity contribution in [3.05, 3.63) is 69.7 Å². The summed E-state index contributed by atoms with van der Waals surface area (Å²) >= 11 is 12.4. The van der Waals surface area contributed by atoms with Gasteiger partial charge in [0.15, 0.2) is 0 Å². The fourth-order valence-electron chi connectivity index (χ4n) is 3.81. The second-order valence-corrected chi connectivity index (χ2v) is 8.84. The van der Waals surface area contributed by atoms with Crippen molar-refractivity contribution in [2.75, 3.05) is 5.32 Å². The number of benzene rings is 2. The van der Waals surface area contributed by atoms with Gasteiger partial charge in [-0.3, -0.25) is 0 Å². The van der Waals surface area contributed by atoms with Crippen LogP contribution in [0.3, 0.4) is 0 Å². The maximum atomic E-state index is 11.7. The van der Waals surface area contributed by atoms with Crippen molar-refractivity contribution < 1.29 is 8.42 Å². The van der Waals surface area contributed by atoms with Crippen molar-refractivity contribution in [1.82, 2.24) is 0 Å². The van der Waals surface area contributed by atoms with Crippen molar-refractivity contribution >= 4 is 38.9 Å². The molecule has 1 aliphatic carbocycles. The lowest BCUT2D eigenvalue weighted by molar-refractivity contribution is 0.425. The van der Waals surface area contributed by atoms with Crippen LogP contribution in [0, 0.1) is 5.92 Å². The summed E-state index contributed by atoms with van der Waals surface area (Å²) in [7, 11) is -3.73. The zero-order valence-corrected chi connectivity index (χ0v) is 15.4. The highest BCUT2D eigenvalue weighted by Crippen LogP contribution is 2.51. The zero-order valence-electron chi connectivity index (χ0n) is 13.1. The lowest BCUT2D eigenvalue weighted by Crippen LogP contribution is -2.29. The molecule has 3 N–H and O–H groups in total. The van der Waals surface area contributed by atoms with E-state index in [1.807, 2.05) is 12.1 Å². The number of hydrogen-bond donors (Lipinski definition) is 2. The van der Waals surface area contributed by atoms with Crippen LogP contribution in [0.2, 0.25) is 10.0 Å². The van der Waals surface area contributed by atoms with Gasteiger partial charge in [0.05, 0.1) is 10.9 Å². The lowest BCUT2D eigenvalue weighted by Gasteiger charge is -2.38. The van der Waals surface area contributed by atoms with E-state index < -0.39 is 10.0 Å². The van der Waals surface area contributed by atoms with E-state index in [0.29, 0.717) is 10.0 Å². The fourth-order valence-corrected chi connectivity index (χ4v) is 4.89. The van der Waals surface area contributed by atoms with Crippen LogP contribution in [-0.2, 0) is 10.0 Å². The van der Waals surface area contributed by atoms with Gasteiger partial charge in [0.2, 0.25) is 10.0 Å². The number of fused-ring (bicyclic) bond motifs is 3. The first-order valence-corrected chi connectivity index (χ1v) is 10.2. The standard InChI is InChI=1S/C18H16Cl2N2O2S/c19-10-4-6-14(16(20)8-10)18-13-3-1-2-12(13)15-9-11(25(21,23)24)5-7-17(15)22-18/h1-2,4-9,12-13,18,22H,3H2,(H2,21,23,24)/t12-,13-,18+/m0/s1. The molecule has 0 bridgehead atoms. The number of halogens is 2. The average Bonchev–Trinajstić information content (AvgIpc) is 3.03. The third-order valence-electron chi connectivity index (χ3n) is 4.96. The van der Waals surface area contributed by atoms with E-state index in [2.05, 4.69) is 17.5 Å². The van der Waals surface area contributed by atoms with Crippen molar-refractivity contribution in [2.45, 2.75) is 23.3 Å². The van der Waals surface area contributed by atoms with Crippen LogP contribution >= 0.6 is 23.2 Å². The highest BCUT2D eigenvalue weighted by atomic mass is 35.5. The van der Waals surface area contributed by atoms with Crippen LogP contribution < -0.4 is 10.5 Å². The van der Waals surface area contributed by atoms with Crippen LogP contribution in [0.5, 0.6) is 0 Å². The number of allylic oxidation sites excluding steroid dienone is 2. The second-order valence-electron chi connectivity index (χ2n) is 6.44. The Bertz CT molecular complexity index is 989. The zero-order chi connectivity index (χ0) is 17.8. The molecule has 2 aromatic carbocycles. The largest absolute Gasteiger partial charge is 0.378 e. The Hall–Kier alpha value is -1.53. The number of nitrogens with one attached hydrogen (secondary N) is 1. The van der Waals surface area contributed by atoms with Crippen LogP contribution in [0.4, 0.5) is 5.69 Å². The first kappa shape index (κ1) is 16.9. The molecule has 2 aliphatic rings. The molecule has 0 saturated heterocycles. The van der Waals surface area contributed by atoms with Gasteiger partial charge >= 0.3 is 0 Å². The molecule has 1 aliphatic heterocycles. The summed E-state index contributed by atoms with van der Waals surface area (Å²) in [6.45, 7) is 0. The van der Waals surface area contributed by atoms with Crippen LogP contribution in [0.25, 0.3) is 0 Å². The van der Waals surface area contributed by atoms with Crippen LogP contribution in [0.1, 0.15) is 29.5 Å². The number of anilines is 1. The molecule has 0 radical (unpaired) electrons. The topological polar surface area (TPSA) is 72.2 Å². The van der Waals surface area contributed by atoms with Gasteiger partial charge in [-0.05, 0) is 53.8 Å². The van der Waals surface area contributed by atoms with Gasteiger partial charge in [0.25, 0.3) is 0 Å². The Morgan fingerprint density at radius 2 is 1.88 bits per heavy atom.